The van der Waals surface area contributed by atoms with E-state index >= 15 is 0 Å². The van der Waals surface area contributed by atoms with Gasteiger partial charge in [0.05, 0.1) is 5.69 Å². The van der Waals surface area contributed by atoms with Gasteiger partial charge in [-0.15, -0.1) is 0 Å². The van der Waals surface area contributed by atoms with Crippen molar-refractivity contribution in [1.82, 2.24) is 9.97 Å². The van der Waals surface area contributed by atoms with Crippen LogP contribution in [-0.2, 0) is 6.42 Å². The first kappa shape index (κ1) is 19.4. The predicted molar refractivity (Wildman–Crippen MR) is 107 cm³/mol. The van der Waals surface area contributed by atoms with Gasteiger partial charge < -0.3 is 21.1 Å². The van der Waals surface area contributed by atoms with Crippen molar-refractivity contribution in [2.75, 3.05) is 29.1 Å². The number of hydrogen-bond donors (Lipinski definition) is 3. The van der Waals surface area contributed by atoms with Crippen LogP contribution < -0.4 is 16.0 Å². The number of aryl methyl sites for hydroxylation is 1. The summed E-state index contributed by atoms with van der Waals surface area (Å²) in [4.78, 5) is 11.6. The average molecular weight is 373 g/mol. The van der Waals surface area contributed by atoms with Crippen LogP contribution in [0.3, 0.4) is 0 Å². The van der Waals surface area contributed by atoms with Gasteiger partial charge in [0.15, 0.2) is 0 Å². The van der Waals surface area contributed by atoms with Crippen LogP contribution in [-0.4, -0.2) is 34.3 Å². The Balaban J connectivity index is 1.90. The first-order valence-electron chi connectivity index (χ1n) is 9.68. The summed E-state index contributed by atoms with van der Waals surface area (Å²) in [5.41, 5.74) is 7.37. The molecule has 6 nitrogen and oxygen atoms in total. The molecule has 7 heteroatoms. The molecule has 0 aliphatic carbocycles. The third kappa shape index (κ3) is 4.86. The van der Waals surface area contributed by atoms with Gasteiger partial charge in [-0.3, -0.25) is 0 Å². The summed E-state index contributed by atoms with van der Waals surface area (Å²) in [5.74, 6) is 0.918. The molecule has 0 saturated carbocycles. The number of nitrogens with zero attached hydrogens (tertiary/aromatic N) is 3. The summed E-state index contributed by atoms with van der Waals surface area (Å²) < 4.78 is 13.4. The van der Waals surface area contributed by atoms with E-state index in [1.807, 2.05) is 6.07 Å². The smallest absolute Gasteiger partial charge is 0.229 e. The van der Waals surface area contributed by atoms with Crippen molar-refractivity contribution in [1.29, 1.82) is 0 Å². The molecule has 1 atom stereocenters. The number of aliphatic hydroxyl groups is 1. The summed E-state index contributed by atoms with van der Waals surface area (Å²) in [6, 6.07) is 6.83. The molecule has 0 radical (unpaired) electrons. The number of halogens is 1. The predicted octanol–water partition coefficient (Wildman–Crippen LogP) is 3.64. The van der Waals surface area contributed by atoms with Crippen LogP contribution in [0.15, 0.2) is 24.3 Å². The molecule has 0 amide bonds. The van der Waals surface area contributed by atoms with E-state index in [4.69, 9.17) is 10.7 Å². The van der Waals surface area contributed by atoms with Gasteiger partial charge in [-0.2, -0.15) is 4.98 Å². The molecule has 1 aliphatic rings. The lowest BCUT2D eigenvalue weighted by Crippen LogP contribution is -2.40. The van der Waals surface area contributed by atoms with Crippen LogP contribution in [0.1, 0.15) is 44.7 Å². The quantitative estimate of drug-likeness (QED) is 0.643. The number of aromatic nitrogens is 2. The van der Waals surface area contributed by atoms with Crippen LogP contribution in [0.4, 0.5) is 27.5 Å². The number of anilines is 4. The number of piperidine rings is 1. The molecule has 1 fully saturated rings. The van der Waals surface area contributed by atoms with Crippen LogP contribution in [0.25, 0.3) is 0 Å². The standard InChI is InChI=1S/C20H28FN5O/c1-2-5-14-13-19(26-10-4-3-6-16(26)9-11-27)25-20(23-14)24-15-7-8-17(21)18(22)12-15/h7-8,12-13,16,27H,2-6,9-11,22H2,1H3,(H,23,24,25). The fourth-order valence-corrected chi connectivity index (χ4v) is 3.57. The highest BCUT2D eigenvalue weighted by atomic mass is 19.1. The van der Waals surface area contributed by atoms with Gasteiger partial charge in [-0.1, -0.05) is 13.3 Å². The van der Waals surface area contributed by atoms with Gasteiger partial charge in [0.25, 0.3) is 0 Å². The Hall–Kier alpha value is -2.41. The minimum atomic E-state index is -0.443. The highest BCUT2D eigenvalue weighted by Gasteiger charge is 2.24. The molecular weight excluding hydrogens is 345 g/mol. The van der Waals surface area contributed by atoms with Crippen LogP contribution >= 0.6 is 0 Å². The van der Waals surface area contributed by atoms with E-state index in [1.54, 1.807) is 12.1 Å². The molecule has 146 valence electrons. The third-order valence-corrected chi connectivity index (χ3v) is 4.91. The Labute approximate surface area is 159 Å². The Morgan fingerprint density at radius 2 is 2.15 bits per heavy atom. The van der Waals surface area contributed by atoms with Crippen molar-refractivity contribution in [3.63, 3.8) is 0 Å². The van der Waals surface area contributed by atoms with Crippen molar-refractivity contribution in [3.8, 4) is 0 Å². The van der Waals surface area contributed by atoms with E-state index in [1.165, 1.54) is 12.5 Å². The van der Waals surface area contributed by atoms with Gasteiger partial charge in [0.1, 0.15) is 11.6 Å². The maximum Gasteiger partial charge on any atom is 0.229 e. The van der Waals surface area contributed by atoms with Crippen molar-refractivity contribution in [2.45, 2.75) is 51.5 Å². The van der Waals surface area contributed by atoms with Crippen molar-refractivity contribution < 1.29 is 9.50 Å². The maximum absolute atomic E-state index is 13.4. The number of hydrogen-bond acceptors (Lipinski definition) is 6. The maximum atomic E-state index is 13.4. The highest BCUT2D eigenvalue weighted by Crippen LogP contribution is 2.28. The summed E-state index contributed by atoms with van der Waals surface area (Å²) >= 11 is 0. The first-order valence-corrected chi connectivity index (χ1v) is 9.68. The number of rotatable bonds is 7. The van der Waals surface area contributed by atoms with E-state index in [9.17, 15) is 9.50 Å². The average Bonchev–Trinajstić information content (AvgIpc) is 2.66. The Bertz CT molecular complexity index is 768. The van der Waals surface area contributed by atoms with E-state index in [0.29, 0.717) is 17.7 Å². The minimum absolute atomic E-state index is 0.0870. The molecule has 1 saturated heterocycles. The van der Waals surface area contributed by atoms with Gasteiger partial charge in [-0.25, -0.2) is 9.37 Å². The largest absolute Gasteiger partial charge is 0.396 e. The molecule has 27 heavy (non-hydrogen) atoms. The number of nitrogen functional groups attached to an aromatic ring is 1. The molecule has 2 aromatic rings. The molecule has 4 N–H and O–H groups in total. The highest BCUT2D eigenvalue weighted by molar-refractivity contribution is 5.61. The van der Waals surface area contributed by atoms with Crippen molar-refractivity contribution in [3.05, 3.63) is 35.8 Å². The number of aliphatic hydroxyl groups excluding tert-OH is 1. The van der Waals surface area contributed by atoms with Crippen LogP contribution in [0.5, 0.6) is 0 Å². The van der Waals surface area contributed by atoms with E-state index in [2.05, 4.69) is 22.1 Å². The normalized spacial score (nSPS) is 17.1. The Morgan fingerprint density at radius 1 is 1.30 bits per heavy atom. The molecule has 0 spiro atoms. The summed E-state index contributed by atoms with van der Waals surface area (Å²) in [6.07, 6.45) is 5.93. The number of nitrogens with one attached hydrogen (secondary N) is 1. The zero-order chi connectivity index (χ0) is 19.2. The minimum Gasteiger partial charge on any atom is -0.396 e. The molecule has 1 aromatic heterocycles. The zero-order valence-electron chi connectivity index (χ0n) is 15.8. The van der Waals surface area contributed by atoms with E-state index in [-0.39, 0.29) is 12.3 Å². The van der Waals surface area contributed by atoms with Gasteiger partial charge in [-0.05, 0) is 50.3 Å². The molecule has 0 bridgehead atoms. The van der Waals surface area contributed by atoms with Crippen molar-refractivity contribution in [2.24, 2.45) is 0 Å². The third-order valence-electron chi connectivity index (χ3n) is 4.91. The number of benzene rings is 1. The SMILES string of the molecule is CCCc1cc(N2CCCCC2CCO)nc(Nc2ccc(F)c(N)c2)n1. The second kappa shape index (κ2) is 8.99. The van der Waals surface area contributed by atoms with Gasteiger partial charge >= 0.3 is 0 Å². The van der Waals surface area contributed by atoms with E-state index in [0.717, 1.165) is 50.2 Å². The summed E-state index contributed by atoms with van der Waals surface area (Å²) in [5, 5.41) is 12.6. The second-order valence-electron chi connectivity index (χ2n) is 7.01. The van der Waals surface area contributed by atoms with Gasteiger partial charge in [0, 0.05) is 36.6 Å². The van der Waals surface area contributed by atoms with Crippen molar-refractivity contribution >= 4 is 23.1 Å². The molecule has 1 unspecified atom stereocenters. The lowest BCUT2D eigenvalue weighted by Gasteiger charge is -2.36. The lowest BCUT2D eigenvalue weighted by atomic mass is 9.99. The van der Waals surface area contributed by atoms with E-state index < -0.39 is 5.82 Å². The molecule has 1 aromatic carbocycles. The fraction of sp³-hybridized carbons (Fsp3) is 0.500. The zero-order valence-corrected chi connectivity index (χ0v) is 15.8. The fourth-order valence-electron chi connectivity index (χ4n) is 3.57. The topological polar surface area (TPSA) is 87.3 Å². The van der Waals surface area contributed by atoms with Crippen LogP contribution in [0, 0.1) is 5.82 Å². The molecule has 1 aliphatic heterocycles. The number of nitrogens with two attached hydrogens (primary N) is 1. The molecule has 2 heterocycles. The Morgan fingerprint density at radius 3 is 2.89 bits per heavy atom. The first-order chi connectivity index (χ1) is 13.1. The van der Waals surface area contributed by atoms with Crippen LogP contribution in [0.2, 0.25) is 0 Å². The monoisotopic (exact) mass is 373 g/mol. The summed E-state index contributed by atoms with van der Waals surface area (Å²) in [7, 11) is 0. The molecule has 3 rings (SSSR count). The molecular formula is C20H28FN5O. The Kier molecular flexibility index (Phi) is 6.45. The summed E-state index contributed by atoms with van der Waals surface area (Å²) in [6.45, 7) is 3.22. The second-order valence-corrected chi connectivity index (χ2v) is 7.01. The van der Waals surface area contributed by atoms with Gasteiger partial charge in [0.2, 0.25) is 5.95 Å². The lowest BCUT2D eigenvalue weighted by molar-refractivity contribution is 0.262.